The highest BCUT2D eigenvalue weighted by molar-refractivity contribution is 7.12. The maximum Gasteiger partial charge on any atom is 0.264 e. The normalized spacial score (nSPS) is 15.3. The minimum Gasteiger partial charge on any atom is -0.382 e. The Labute approximate surface area is 196 Å². The van der Waals surface area contributed by atoms with Crippen molar-refractivity contribution in [2.75, 3.05) is 19.8 Å². The highest BCUT2D eigenvalue weighted by Gasteiger charge is 2.33. The summed E-state index contributed by atoms with van der Waals surface area (Å²) in [6.45, 7) is 5.75. The molecule has 0 radical (unpaired) electrons. The van der Waals surface area contributed by atoms with Crippen LogP contribution in [0.3, 0.4) is 0 Å². The van der Waals surface area contributed by atoms with E-state index in [1.54, 1.807) is 4.90 Å². The van der Waals surface area contributed by atoms with E-state index in [1.165, 1.54) is 23.3 Å². The van der Waals surface area contributed by atoms with E-state index in [-0.39, 0.29) is 17.9 Å². The summed E-state index contributed by atoms with van der Waals surface area (Å²) in [6, 6.07) is 11.4. The molecule has 0 spiro atoms. The first kappa shape index (κ1) is 24.5. The van der Waals surface area contributed by atoms with E-state index < -0.39 is 6.04 Å². The molecule has 1 aromatic heterocycles. The van der Waals surface area contributed by atoms with Crippen molar-refractivity contribution in [2.24, 2.45) is 0 Å². The second-order valence-corrected chi connectivity index (χ2v) is 9.32. The summed E-state index contributed by atoms with van der Waals surface area (Å²) in [6.07, 6.45) is 7.16. The number of nitrogens with zero attached hydrogens (tertiary/aromatic N) is 1. The number of rotatable bonds is 11. The lowest BCUT2D eigenvalue weighted by Gasteiger charge is -2.33. The fraction of sp³-hybridized carbons (Fsp3) is 0.538. The molecule has 1 aliphatic rings. The van der Waals surface area contributed by atoms with Gasteiger partial charge in [0.2, 0.25) is 5.91 Å². The van der Waals surface area contributed by atoms with Crippen LogP contribution in [0.15, 0.2) is 41.8 Å². The second kappa shape index (κ2) is 12.8. The summed E-state index contributed by atoms with van der Waals surface area (Å²) in [5.74, 6) is -0.178. The van der Waals surface area contributed by atoms with Gasteiger partial charge >= 0.3 is 0 Å². The average molecular weight is 457 g/mol. The molecule has 0 saturated heterocycles. The van der Waals surface area contributed by atoms with Crippen molar-refractivity contribution in [3.63, 3.8) is 0 Å². The Bertz CT molecular complexity index is 829. The molecule has 3 rings (SSSR count). The van der Waals surface area contributed by atoms with E-state index in [0.717, 1.165) is 37.7 Å². The van der Waals surface area contributed by atoms with E-state index in [2.05, 4.69) is 24.4 Å². The molecule has 0 aliphatic heterocycles. The minimum atomic E-state index is -0.654. The summed E-state index contributed by atoms with van der Waals surface area (Å²) in [5, 5.41) is 5.17. The van der Waals surface area contributed by atoms with E-state index >= 15 is 0 Å². The van der Waals surface area contributed by atoms with Gasteiger partial charge in [0.25, 0.3) is 5.91 Å². The third-order valence-corrected chi connectivity index (χ3v) is 6.96. The second-order valence-electron chi connectivity index (χ2n) is 8.37. The van der Waals surface area contributed by atoms with Crippen LogP contribution in [-0.2, 0) is 16.0 Å². The van der Waals surface area contributed by atoms with Crippen LogP contribution in [0.2, 0.25) is 0 Å². The summed E-state index contributed by atoms with van der Waals surface area (Å²) in [5.41, 5.74) is 2.07. The molecule has 1 N–H and O–H groups in total. The van der Waals surface area contributed by atoms with Gasteiger partial charge in [0.15, 0.2) is 0 Å². The molecule has 1 saturated carbocycles. The van der Waals surface area contributed by atoms with Crippen LogP contribution >= 0.6 is 11.3 Å². The molecule has 0 bridgehead atoms. The fourth-order valence-corrected chi connectivity index (χ4v) is 4.99. The van der Waals surface area contributed by atoms with E-state index in [9.17, 15) is 9.59 Å². The van der Waals surface area contributed by atoms with Gasteiger partial charge in [0.1, 0.15) is 6.04 Å². The summed E-state index contributed by atoms with van der Waals surface area (Å²) in [7, 11) is 0. The maximum absolute atomic E-state index is 13.6. The van der Waals surface area contributed by atoms with Gasteiger partial charge in [0.05, 0.1) is 4.88 Å². The van der Waals surface area contributed by atoms with Crippen molar-refractivity contribution in [1.29, 1.82) is 0 Å². The summed E-state index contributed by atoms with van der Waals surface area (Å²) >= 11 is 1.41. The number of nitrogens with one attached hydrogen (secondary N) is 1. The van der Waals surface area contributed by atoms with Gasteiger partial charge in [-0.1, -0.05) is 56.5 Å². The zero-order valence-corrected chi connectivity index (χ0v) is 20.2. The molecule has 174 valence electrons. The third kappa shape index (κ3) is 6.66. The lowest BCUT2D eigenvalue weighted by molar-refractivity contribution is -0.127. The van der Waals surface area contributed by atoms with Crippen LogP contribution in [0, 0.1) is 0 Å². The molecule has 2 amide bonds. The third-order valence-electron chi connectivity index (χ3n) is 6.10. The molecule has 1 fully saturated rings. The van der Waals surface area contributed by atoms with Crippen molar-refractivity contribution in [3.8, 4) is 0 Å². The Balaban J connectivity index is 1.90. The van der Waals surface area contributed by atoms with Crippen LogP contribution in [0.4, 0.5) is 0 Å². The molecular weight excluding hydrogens is 420 g/mol. The lowest BCUT2D eigenvalue weighted by Crippen LogP contribution is -2.47. The standard InChI is InChI=1S/C26H36N2O3S/c1-3-20-13-15-21(16-14-20)24(25(29)27-22-10-6-5-7-11-22)28(17-9-18-31-4-2)26(30)23-12-8-19-32-23/h8,12-16,19,22,24H,3-7,9-11,17-18H2,1-2H3,(H,27,29)/t24-/m0/s1. The smallest absolute Gasteiger partial charge is 0.264 e. The molecule has 6 heteroatoms. The molecule has 5 nitrogen and oxygen atoms in total. The SMILES string of the molecule is CCOCCCN(C(=O)c1cccs1)[C@H](C(=O)NC1CCCCC1)c1ccc(CC)cc1. The molecule has 1 atom stereocenters. The average Bonchev–Trinajstić information content (AvgIpc) is 3.36. The highest BCUT2D eigenvalue weighted by Crippen LogP contribution is 2.27. The Morgan fingerprint density at radius 3 is 2.50 bits per heavy atom. The fourth-order valence-electron chi connectivity index (χ4n) is 4.31. The van der Waals surface area contributed by atoms with Crippen LogP contribution in [0.25, 0.3) is 0 Å². The van der Waals surface area contributed by atoms with Crippen LogP contribution in [0.1, 0.15) is 79.2 Å². The number of amides is 2. The Kier molecular flexibility index (Phi) is 9.75. The zero-order chi connectivity index (χ0) is 22.8. The molecule has 32 heavy (non-hydrogen) atoms. The number of benzene rings is 1. The Hall–Kier alpha value is -2.18. The van der Waals surface area contributed by atoms with Crippen LogP contribution in [-0.4, -0.2) is 42.5 Å². The number of hydrogen-bond acceptors (Lipinski definition) is 4. The molecule has 0 unspecified atom stereocenters. The molecule has 1 aromatic carbocycles. The predicted octanol–water partition coefficient (Wildman–Crippen LogP) is 5.37. The number of carbonyl (C=O) groups excluding carboxylic acids is 2. The maximum atomic E-state index is 13.6. The monoisotopic (exact) mass is 456 g/mol. The molecule has 1 aliphatic carbocycles. The van der Waals surface area contributed by atoms with Gasteiger partial charge < -0.3 is 15.0 Å². The van der Waals surface area contributed by atoms with Gasteiger partial charge in [-0.25, -0.2) is 0 Å². The minimum absolute atomic E-state index is 0.0811. The van der Waals surface area contributed by atoms with Gasteiger partial charge in [-0.05, 0) is 55.2 Å². The molecule has 1 heterocycles. The quantitative estimate of drug-likeness (QED) is 0.463. The molecule has 2 aromatic rings. The summed E-state index contributed by atoms with van der Waals surface area (Å²) < 4.78 is 5.52. The van der Waals surface area contributed by atoms with E-state index in [4.69, 9.17) is 4.74 Å². The summed E-state index contributed by atoms with van der Waals surface area (Å²) in [4.78, 5) is 29.6. The Morgan fingerprint density at radius 2 is 1.88 bits per heavy atom. The van der Waals surface area contributed by atoms with Gasteiger partial charge in [-0.3, -0.25) is 9.59 Å². The zero-order valence-electron chi connectivity index (χ0n) is 19.3. The van der Waals surface area contributed by atoms with Gasteiger partial charge in [0, 0.05) is 25.8 Å². The number of hydrogen-bond donors (Lipinski definition) is 1. The van der Waals surface area contributed by atoms with Gasteiger partial charge in [-0.2, -0.15) is 0 Å². The number of carbonyl (C=O) groups is 2. The molecular formula is C26H36N2O3S. The van der Waals surface area contributed by atoms with Crippen LogP contribution < -0.4 is 5.32 Å². The van der Waals surface area contributed by atoms with Crippen molar-refractivity contribution in [3.05, 3.63) is 57.8 Å². The number of thiophene rings is 1. The first-order valence-corrected chi connectivity index (χ1v) is 12.8. The Morgan fingerprint density at radius 1 is 1.12 bits per heavy atom. The number of aryl methyl sites for hydroxylation is 1. The largest absolute Gasteiger partial charge is 0.382 e. The number of ether oxygens (including phenoxy) is 1. The van der Waals surface area contributed by atoms with Crippen molar-refractivity contribution in [2.45, 2.75) is 70.9 Å². The van der Waals surface area contributed by atoms with Crippen molar-refractivity contribution >= 4 is 23.2 Å². The van der Waals surface area contributed by atoms with Gasteiger partial charge in [-0.15, -0.1) is 11.3 Å². The highest BCUT2D eigenvalue weighted by atomic mass is 32.1. The first-order chi connectivity index (χ1) is 15.6. The van der Waals surface area contributed by atoms with E-state index in [0.29, 0.717) is 31.1 Å². The van der Waals surface area contributed by atoms with E-state index in [1.807, 2.05) is 36.6 Å². The lowest BCUT2D eigenvalue weighted by atomic mass is 9.94. The van der Waals surface area contributed by atoms with Crippen LogP contribution in [0.5, 0.6) is 0 Å². The predicted molar refractivity (Wildman–Crippen MR) is 130 cm³/mol. The topological polar surface area (TPSA) is 58.6 Å². The van der Waals surface area contributed by atoms with Crippen molar-refractivity contribution in [1.82, 2.24) is 10.2 Å². The first-order valence-electron chi connectivity index (χ1n) is 12.0. The van der Waals surface area contributed by atoms with Crippen molar-refractivity contribution < 1.29 is 14.3 Å².